The van der Waals surface area contributed by atoms with Gasteiger partial charge in [-0.05, 0) is 31.0 Å². The first-order valence-electron chi connectivity index (χ1n) is 6.00. The number of benzene rings is 1. The predicted molar refractivity (Wildman–Crippen MR) is 66.3 cm³/mol. The normalized spacial score (nSPS) is 11.6. The van der Waals surface area contributed by atoms with E-state index >= 15 is 0 Å². The standard InChI is InChI=1S/C13H18F3NO2/c1-10-3-2-4-11(5-6-17)12(10)19-8-7-18-9-13(14,15)16/h2-4H,5-9,17H2,1H3. The zero-order valence-corrected chi connectivity index (χ0v) is 10.8. The second-order valence-electron chi connectivity index (χ2n) is 4.12. The maximum atomic E-state index is 11.9. The Bertz CT molecular complexity index is 394. The fourth-order valence-corrected chi connectivity index (χ4v) is 1.66. The summed E-state index contributed by atoms with van der Waals surface area (Å²) in [7, 11) is 0. The molecule has 1 aromatic carbocycles. The lowest BCUT2D eigenvalue weighted by Crippen LogP contribution is -2.19. The van der Waals surface area contributed by atoms with Gasteiger partial charge in [0.25, 0.3) is 0 Å². The van der Waals surface area contributed by atoms with E-state index in [0.29, 0.717) is 18.7 Å². The Balaban J connectivity index is 2.44. The van der Waals surface area contributed by atoms with Crippen LogP contribution in [0.25, 0.3) is 0 Å². The highest BCUT2D eigenvalue weighted by Crippen LogP contribution is 2.23. The lowest BCUT2D eigenvalue weighted by Gasteiger charge is -2.14. The van der Waals surface area contributed by atoms with Gasteiger partial charge in [-0.2, -0.15) is 13.2 Å². The molecule has 0 aromatic heterocycles. The first kappa shape index (κ1) is 15.8. The molecule has 0 spiro atoms. The summed E-state index contributed by atoms with van der Waals surface area (Å²) < 4.78 is 45.5. The van der Waals surface area contributed by atoms with E-state index in [0.717, 1.165) is 11.1 Å². The van der Waals surface area contributed by atoms with Crippen LogP contribution in [-0.2, 0) is 11.2 Å². The van der Waals surface area contributed by atoms with Crippen molar-refractivity contribution in [1.82, 2.24) is 0 Å². The van der Waals surface area contributed by atoms with Crippen LogP contribution in [0.5, 0.6) is 5.75 Å². The van der Waals surface area contributed by atoms with Gasteiger partial charge in [-0.25, -0.2) is 0 Å². The molecule has 3 nitrogen and oxygen atoms in total. The van der Waals surface area contributed by atoms with Gasteiger partial charge in [0.15, 0.2) is 0 Å². The molecule has 19 heavy (non-hydrogen) atoms. The third-order valence-corrected chi connectivity index (χ3v) is 2.45. The van der Waals surface area contributed by atoms with Crippen molar-refractivity contribution in [1.29, 1.82) is 0 Å². The van der Waals surface area contributed by atoms with Crippen LogP contribution >= 0.6 is 0 Å². The fourth-order valence-electron chi connectivity index (χ4n) is 1.66. The number of hydrogen-bond donors (Lipinski definition) is 1. The molecule has 0 fully saturated rings. The highest BCUT2D eigenvalue weighted by atomic mass is 19.4. The van der Waals surface area contributed by atoms with E-state index in [2.05, 4.69) is 4.74 Å². The van der Waals surface area contributed by atoms with Crippen molar-refractivity contribution in [3.05, 3.63) is 29.3 Å². The van der Waals surface area contributed by atoms with Crippen LogP contribution in [0.15, 0.2) is 18.2 Å². The van der Waals surface area contributed by atoms with Crippen LogP contribution in [-0.4, -0.2) is 32.5 Å². The van der Waals surface area contributed by atoms with Gasteiger partial charge < -0.3 is 15.2 Å². The number of halogens is 3. The number of para-hydroxylation sites is 1. The summed E-state index contributed by atoms with van der Waals surface area (Å²) in [5.74, 6) is 0.684. The summed E-state index contributed by atoms with van der Waals surface area (Å²) in [6.07, 6.45) is -3.63. The molecule has 0 aliphatic heterocycles. The van der Waals surface area contributed by atoms with Crippen LogP contribution in [0.1, 0.15) is 11.1 Å². The average molecular weight is 277 g/mol. The van der Waals surface area contributed by atoms with Crippen LogP contribution in [0.4, 0.5) is 13.2 Å². The highest BCUT2D eigenvalue weighted by Gasteiger charge is 2.27. The van der Waals surface area contributed by atoms with E-state index < -0.39 is 12.8 Å². The molecule has 0 bridgehead atoms. The Morgan fingerprint density at radius 1 is 1.21 bits per heavy atom. The summed E-state index contributed by atoms with van der Waals surface area (Å²) in [5, 5.41) is 0. The van der Waals surface area contributed by atoms with Crippen molar-refractivity contribution in [2.75, 3.05) is 26.4 Å². The topological polar surface area (TPSA) is 44.5 Å². The minimum atomic E-state index is -4.30. The molecule has 0 amide bonds. The van der Waals surface area contributed by atoms with Gasteiger partial charge in [-0.15, -0.1) is 0 Å². The van der Waals surface area contributed by atoms with Crippen molar-refractivity contribution >= 4 is 0 Å². The van der Waals surface area contributed by atoms with Gasteiger partial charge in [0.05, 0.1) is 6.61 Å². The smallest absolute Gasteiger partial charge is 0.411 e. The molecule has 0 heterocycles. The predicted octanol–water partition coefficient (Wildman–Crippen LogP) is 2.45. The first-order valence-corrected chi connectivity index (χ1v) is 6.00. The van der Waals surface area contributed by atoms with E-state index in [1.165, 1.54) is 0 Å². The van der Waals surface area contributed by atoms with Gasteiger partial charge in [0, 0.05) is 0 Å². The van der Waals surface area contributed by atoms with Crippen molar-refractivity contribution in [3.63, 3.8) is 0 Å². The summed E-state index contributed by atoms with van der Waals surface area (Å²) in [4.78, 5) is 0. The van der Waals surface area contributed by atoms with E-state index in [9.17, 15) is 13.2 Å². The van der Waals surface area contributed by atoms with Gasteiger partial charge in [-0.1, -0.05) is 18.2 Å². The number of rotatable bonds is 7. The molecule has 0 saturated heterocycles. The second kappa shape index (κ2) is 7.35. The molecule has 6 heteroatoms. The third-order valence-electron chi connectivity index (χ3n) is 2.45. The Hall–Kier alpha value is -1.27. The molecule has 108 valence electrons. The molecule has 0 radical (unpaired) electrons. The number of nitrogens with two attached hydrogens (primary N) is 1. The monoisotopic (exact) mass is 277 g/mol. The molecular formula is C13H18F3NO2. The van der Waals surface area contributed by atoms with E-state index in [4.69, 9.17) is 10.5 Å². The van der Waals surface area contributed by atoms with Gasteiger partial charge >= 0.3 is 6.18 Å². The number of alkyl halides is 3. The molecule has 0 saturated carbocycles. The summed E-state index contributed by atoms with van der Waals surface area (Å²) in [6, 6.07) is 5.67. The third kappa shape index (κ3) is 5.94. The number of hydrogen-bond acceptors (Lipinski definition) is 3. The van der Waals surface area contributed by atoms with E-state index in [1.807, 2.05) is 25.1 Å². The number of aryl methyl sites for hydroxylation is 1. The van der Waals surface area contributed by atoms with E-state index in [1.54, 1.807) is 0 Å². The maximum Gasteiger partial charge on any atom is 0.411 e. The second-order valence-corrected chi connectivity index (χ2v) is 4.12. The minimum absolute atomic E-state index is 0.0818. The Labute approximate surface area is 110 Å². The average Bonchev–Trinajstić information content (AvgIpc) is 2.31. The van der Waals surface area contributed by atoms with Gasteiger partial charge in [-0.3, -0.25) is 0 Å². The van der Waals surface area contributed by atoms with Crippen molar-refractivity contribution in [3.8, 4) is 5.75 Å². The van der Waals surface area contributed by atoms with Gasteiger partial charge in [0.1, 0.15) is 19.0 Å². The van der Waals surface area contributed by atoms with Crippen molar-refractivity contribution < 1.29 is 22.6 Å². The summed E-state index contributed by atoms with van der Waals surface area (Å²) in [5.41, 5.74) is 7.39. The minimum Gasteiger partial charge on any atom is -0.491 e. The molecule has 2 N–H and O–H groups in total. The number of ether oxygens (including phenoxy) is 2. The van der Waals surface area contributed by atoms with Crippen LogP contribution in [0, 0.1) is 6.92 Å². The zero-order chi connectivity index (χ0) is 14.3. The van der Waals surface area contributed by atoms with Crippen molar-refractivity contribution in [2.24, 2.45) is 5.73 Å². The molecule has 0 unspecified atom stereocenters. The molecule has 1 rings (SSSR count). The molecule has 0 atom stereocenters. The molecular weight excluding hydrogens is 259 g/mol. The van der Waals surface area contributed by atoms with Crippen LogP contribution < -0.4 is 10.5 Å². The van der Waals surface area contributed by atoms with Crippen molar-refractivity contribution in [2.45, 2.75) is 19.5 Å². The van der Waals surface area contributed by atoms with E-state index in [-0.39, 0.29) is 13.2 Å². The summed E-state index contributed by atoms with van der Waals surface area (Å²) in [6.45, 7) is 1.10. The fraction of sp³-hybridized carbons (Fsp3) is 0.538. The molecule has 1 aromatic rings. The molecule has 0 aliphatic carbocycles. The Morgan fingerprint density at radius 2 is 1.95 bits per heavy atom. The largest absolute Gasteiger partial charge is 0.491 e. The first-order chi connectivity index (χ1) is 8.94. The lowest BCUT2D eigenvalue weighted by atomic mass is 10.1. The van der Waals surface area contributed by atoms with Gasteiger partial charge in [0.2, 0.25) is 0 Å². The summed E-state index contributed by atoms with van der Waals surface area (Å²) >= 11 is 0. The zero-order valence-electron chi connectivity index (χ0n) is 10.8. The Kier molecular flexibility index (Phi) is 6.11. The lowest BCUT2D eigenvalue weighted by molar-refractivity contribution is -0.175. The maximum absolute atomic E-state index is 11.9. The quantitative estimate of drug-likeness (QED) is 0.779. The van der Waals surface area contributed by atoms with Crippen LogP contribution in [0.3, 0.4) is 0 Å². The highest BCUT2D eigenvalue weighted by molar-refractivity contribution is 5.40. The van der Waals surface area contributed by atoms with Crippen LogP contribution in [0.2, 0.25) is 0 Å². The SMILES string of the molecule is Cc1cccc(CCN)c1OCCOCC(F)(F)F. The molecule has 0 aliphatic rings. The Morgan fingerprint density at radius 3 is 2.58 bits per heavy atom.